The first-order valence-corrected chi connectivity index (χ1v) is 10.8. The van der Waals surface area contributed by atoms with Crippen molar-refractivity contribution in [3.63, 3.8) is 0 Å². The Kier molecular flexibility index (Phi) is 5.91. The molecule has 5 heteroatoms. The minimum absolute atomic E-state index is 0.154. The lowest BCUT2D eigenvalue weighted by atomic mass is 9.99. The highest BCUT2D eigenvalue weighted by atomic mass is 16.2. The summed E-state index contributed by atoms with van der Waals surface area (Å²) in [5, 5.41) is 9.00. The number of para-hydroxylation sites is 1. The molecule has 162 valence electrons. The monoisotopic (exact) mass is 425 g/mol. The number of fused-ring (bicyclic) bond motifs is 1. The average Bonchev–Trinajstić information content (AvgIpc) is 2.79. The minimum Gasteiger partial charge on any atom is -0.324 e. The highest BCUT2D eigenvalue weighted by Gasteiger charge is 2.16. The van der Waals surface area contributed by atoms with Crippen molar-refractivity contribution in [3.05, 3.63) is 93.3 Å². The van der Waals surface area contributed by atoms with Crippen molar-refractivity contribution in [2.75, 3.05) is 5.32 Å². The third-order valence-electron chi connectivity index (χ3n) is 5.81. The number of hydrogen-bond acceptors (Lipinski definition) is 3. The summed E-state index contributed by atoms with van der Waals surface area (Å²) in [4.78, 5) is 26.1. The molecule has 32 heavy (non-hydrogen) atoms. The first kappa shape index (κ1) is 21.5. The van der Waals surface area contributed by atoms with Crippen LogP contribution in [-0.2, 0) is 17.8 Å². The summed E-state index contributed by atoms with van der Waals surface area (Å²) >= 11 is 0. The second kappa shape index (κ2) is 8.79. The van der Waals surface area contributed by atoms with Gasteiger partial charge in [0.15, 0.2) is 0 Å². The van der Waals surface area contributed by atoms with Gasteiger partial charge < -0.3 is 5.32 Å². The molecule has 3 aromatic carbocycles. The van der Waals surface area contributed by atoms with Gasteiger partial charge in [-0.1, -0.05) is 61.0 Å². The van der Waals surface area contributed by atoms with Crippen molar-refractivity contribution in [2.24, 2.45) is 0 Å². The molecule has 0 atom stereocenters. The number of nitrogens with one attached hydrogen (secondary N) is 1. The summed E-state index contributed by atoms with van der Waals surface area (Å²) in [5.74, 6) is -0.272. The molecule has 1 aromatic heterocycles. The number of aryl methyl sites for hydroxylation is 4. The number of hydrogen-bond donors (Lipinski definition) is 1. The molecule has 1 amide bonds. The van der Waals surface area contributed by atoms with Crippen molar-refractivity contribution < 1.29 is 4.79 Å². The van der Waals surface area contributed by atoms with Crippen LogP contribution in [0.4, 0.5) is 5.69 Å². The molecule has 0 aliphatic carbocycles. The molecule has 4 rings (SSSR count). The topological polar surface area (TPSA) is 64.0 Å². The van der Waals surface area contributed by atoms with E-state index in [9.17, 15) is 9.59 Å². The molecule has 4 aromatic rings. The van der Waals surface area contributed by atoms with Gasteiger partial charge in [-0.25, -0.2) is 4.68 Å². The molecule has 1 heterocycles. The predicted octanol–water partition coefficient (Wildman–Crippen LogP) is 5.19. The lowest BCUT2D eigenvalue weighted by Crippen LogP contribution is -2.30. The number of rotatable bonds is 5. The summed E-state index contributed by atoms with van der Waals surface area (Å²) in [6, 6.07) is 19.6. The third-order valence-corrected chi connectivity index (χ3v) is 5.81. The Hall–Kier alpha value is -3.73. The molecule has 0 aliphatic heterocycles. The molecule has 0 saturated heterocycles. The molecular weight excluding hydrogens is 398 g/mol. The highest BCUT2D eigenvalue weighted by Crippen LogP contribution is 2.28. The maximum atomic E-state index is 13.2. The maximum absolute atomic E-state index is 13.2. The van der Waals surface area contributed by atoms with Gasteiger partial charge in [-0.05, 0) is 56.0 Å². The summed E-state index contributed by atoms with van der Waals surface area (Å²) in [7, 11) is 0. The number of carbonyl (C=O) groups is 1. The van der Waals surface area contributed by atoms with E-state index in [4.69, 9.17) is 0 Å². The summed E-state index contributed by atoms with van der Waals surface area (Å²) < 4.78 is 1.28. The number of aromatic nitrogens is 2. The van der Waals surface area contributed by atoms with Crippen molar-refractivity contribution in [1.82, 2.24) is 9.78 Å². The molecule has 0 fully saturated rings. The zero-order valence-electron chi connectivity index (χ0n) is 18.9. The molecule has 0 aliphatic rings. The number of nitrogens with zero attached hydrogens (tertiary/aromatic N) is 2. The number of carbonyl (C=O) groups excluding carboxylic acids is 1. The Morgan fingerprint density at radius 1 is 0.938 bits per heavy atom. The van der Waals surface area contributed by atoms with E-state index in [1.807, 2.05) is 63.2 Å². The zero-order chi connectivity index (χ0) is 22.8. The Balaban J connectivity index is 1.79. The second-order valence-electron chi connectivity index (χ2n) is 8.19. The molecule has 0 bridgehead atoms. The SMILES string of the molecule is CCc1cccc(C)c1NC(=O)Cn1nc(-c2cc(C)ccc2C)c2ccccc2c1=O. The van der Waals surface area contributed by atoms with Crippen LogP contribution in [0.2, 0.25) is 0 Å². The van der Waals surface area contributed by atoms with Crippen LogP contribution in [0, 0.1) is 20.8 Å². The molecule has 0 unspecified atom stereocenters. The van der Waals surface area contributed by atoms with Crippen molar-refractivity contribution in [2.45, 2.75) is 40.7 Å². The average molecular weight is 426 g/mol. The first-order valence-electron chi connectivity index (χ1n) is 10.8. The van der Waals surface area contributed by atoms with E-state index in [2.05, 4.69) is 29.5 Å². The van der Waals surface area contributed by atoms with E-state index < -0.39 is 0 Å². The van der Waals surface area contributed by atoms with E-state index in [1.165, 1.54) is 4.68 Å². The standard InChI is InChI=1S/C27H27N3O2/c1-5-20-10-8-9-19(4)25(20)28-24(31)16-30-27(32)22-12-7-6-11-21(22)26(29-30)23-15-17(2)13-14-18(23)3/h6-15H,5,16H2,1-4H3,(H,28,31). The fourth-order valence-electron chi connectivity index (χ4n) is 4.05. The van der Waals surface area contributed by atoms with Crippen LogP contribution in [0.5, 0.6) is 0 Å². The van der Waals surface area contributed by atoms with E-state index in [0.29, 0.717) is 11.1 Å². The summed E-state index contributed by atoms with van der Waals surface area (Å²) in [6.07, 6.45) is 0.808. The Morgan fingerprint density at radius 2 is 1.69 bits per heavy atom. The predicted molar refractivity (Wildman–Crippen MR) is 130 cm³/mol. The van der Waals surface area contributed by atoms with Crippen molar-refractivity contribution >= 4 is 22.4 Å². The van der Waals surface area contributed by atoms with Crippen molar-refractivity contribution in [3.8, 4) is 11.3 Å². The minimum atomic E-state index is -0.273. The van der Waals surface area contributed by atoms with Gasteiger partial charge in [-0.15, -0.1) is 0 Å². The molecule has 5 nitrogen and oxygen atoms in total. The summed E-state index contributed by atoms with van der Waals surface area (Å²) in [6.45, 7) is 7.92. The van der Waals surface area contributed by atoms with Crippen LogP contribution in [0.1, 0.15) is 29.2 Å². The normalized spacial score (nSPS) is 11.0. The van der Waals surface area contributed by atoms with E-state index in [1.54, 1.807) is 6.07 Å². The molecule has 0 saturated carbocycles. The van der Waals surface area contributed by atoms with E-state index in [-0.39, 0.29) is 18.0 Å². The molecular formula is C27H27N3O2. The van der Waals surface area contributed by atoms with Crippen LogP contribution in [0.3, 0.4) is 0 Å². The fourth-order valence-corrected chi connectivity index (χ4v) is 4.05. The number of anilines is 1. The lowest BCUT2D eigenvalue weighted by molar-refractivity contribution is -0.117. The number of amides is 1. The van der Waals surface area contributed by atoms with Gasteiger partial charge in [0.25, 0.3) is 5.56 Å². The van der Waals surface area contributed by atoms with Crippen LogP contribution in [0.25, 0.3) is 22.0 Å². The largest absolute Gasteiger partial charge is 0.324 e. The zero-order valence-corrected chi connectivity index (χ0v) is 18.9. The second-order valence-corrected chi connectivity index (χ2v) is 8.19. The molecule has 1 N–H and O–H groups in total. The van der Waals surface area contributed by atoms with Crippen LogP contribution in [0.15, 0.2) is 65.5 Å². The van der Waals surface area contributed by atoms with Crippen LogP contribution < -0.4 is 10.9 Å². The fraction of sp³-hybridized carbons (Fsp3) is 0.222. The maximum Gasteiger partial charge on any atom is 0.275 e. The van der Waals surface area contributed by atoms with Gasteiger partial charge in [-0.3, -0.25) is 9.59 Å². The first-order chi connectivity index (χ1) is 15.4. The van der Waals surface area contributed by atoms with Gasteiger partial charge in [0.2, 0.25) is 5.91 Å². The highest BCUT2D eigenvalue weighted by molar-refractivity contribution is 5.95. The number of benzene rings is 3. The third kappa shape index (κ3) is 4.06. The quantitative estimate of drug-likeness (QED) is 0.479. The smallest absolute Gasteiger partial charge is 0.275 e. The van der Waals surface area contributed by atoms with Gasteiger partial charge in [0.1, 0.15) is 6.54 Å². The van der Waals surface area contributed by atoms with Crippen molar-refractivity contribution in [1.29, 1.82) is 0 Å². The van der Waals surface area contributed by atoms with Crippen LogP contribution in [-0.4, -0.2) is 15.7 Å². The lowest BCUT2D eigenvalue weighted by Gasteiger charge is -2.15. The Labute approximate surface area is 187 Å². The van der Waals surface area contributed by atoms with E-state index >= 15 is 0 Å². The van der Waals surface area contributed by atoms with Gasteiger partial charge >= 0.3 is 0 Å². The Morgan fingerprint density at radius 3 is 2.44 bits per heavy atom. The molecule has 0 radical (unpaired) electrons. The van der Waals surface area contributed by atoms with Crippen LogP contribution >= 0.6 is 0 Å². The summed E-state index contributed by atoms with van der Waals surface area (Å²) in [5.41, 5.74) is 6.44. The van der Waals surface area contributed by atoms with Gasteiger partial charge in [-0.2, -0.15) is 5.10 Å². The van der Waals surface area contributed by atoms with Gasteiger partial charge in [0, 0.05) is 16.6 Å². The van der Waals surface area contributed by atoms with E-state index in [0.717, 1.165) is 45.3 Å². The molecule has 0 spiro atoms. The van der Waals surface area contributed by atoms with Gasteiger partial charge in [0.05, 0.1) is 11.1 Å². The Bertz CT molecular complexity index is 1390.